The first kappa shape index (κ1) is 18.6. The summed E-state index contributed by atoms with van der Waals surface area (Å²) in [5.41, 5.74) is 2.33. The number of rotatable bonds is 6. The first-order chi connectivity index (χ1) is 13.7. The molecule has 0 saturated carbocycles. The number of amides is 1. The maximum absolute atomic E-state index is 13.5. The first-order valence-electron chi connectivity index (χ1n) is 9.09. The molecule has 2 aromatic carbocycles. The highest BCUT2D eigenvalue weighted by Crippen LogP contribution is 2.29. The predicted octanol–water partition coefficient (Wildman–Crippen LogP) is 3.86. The maximum Gasteiger partial charge on any atom is 0.264 e. The van der Waals surface area contributed by atoms with Gasteiger partial charge in [0.15, 0.2) is 23.3 Å². The molecular weight excluding hydrogens is 377 g/mol. The molecule has 1 aliphatic rings. The van der Waals surface area contributed by atoms with E-state index in [0.717, 1.165) is 31.7 Å². The van der Waals surface area contributed by atoms with Gasteiger partial charge in [0.1, 0.15) is 0 Å². The summed E-state index contributed by atoms with van der Waals surface area (Å²) >= 11 is 1.49. The number of fused-ring (bicyclic) bond motifs is 1. The van der Waals surface area contributed by atoms with E-state index in [4.69, 9.17) is 4.74 Å². The van der Waals surface area contributed by atoms with E-state index in [9.17, 15) is 9.18 Å². The van der Waals surface area contributed by atoms with Crippen LogP contribution < -0.4 is 10.1 Å². The minimum atomic E-state index is -0.487. The standard InChI is InChI=1S/C21H20FN3O2S/c22-16-8-4-5-9-18(16)27-14-20(26)24-21-23-17-10-11-25(13-19(17)28-21)12-15-6-2-1-3-7-15/h1-9H,10-14H2,(H,23,24,26). The average molecular weight is 397 g/mol. The molecule has 0 unspecified atom stereocenters. The lowest BCUT2D eigenvalue weighted by atomic mass is 10.1. The molecule has 0 fully saturated rings. The van der Waals surface area contributed by atoms with Gasteiger partial charge in [-0.05, 0) is 17.7 Å². The van der Waals surface area contributed by atoms with Crippen molar-refractivity contribution in [1.29, 1.82) is 0 Å². The highest BCUT2D eigenvalue weighted by molar-refractivity contribution is 7.15. The summed E-state index contributed by atoms with van der Waals surface area (Å²) in [7, 11) is 0. The molecule has 1 aliphatic heterocycles. The minimum Gasteiger partial charge on any atom is -0.481 e. The molecule has 5 nitrogen and oxygen atoms in total. The normalized spacial score (nSPS) is 13.8. The molecule has 1 N–H and O–H groups in total. The third kappa shape index (κ3) is 4.55. The Bertz CT molecular complexity index is 961. The number of halogens is 1. The van der Waals surface area contributed by atoms with Crippen molar-refractivity contribution in [3.63, 3.8) is 0 Å². The molecule has 0 saturated heterocycles. The highest BCUT2D eigenvalue weighted by Gasteiger charge is 2.21. The van der Waals surface area contributed by atoms with Gasteiger partial charge in [-0.1, -0.05) is 42.5 Å². The van der Waals surface area contributed by atoms with Crippen LogP contribution in [0.4, 0.5) is 9.52 Å². The summed E-state index contributed by atoms with van der Waals surface area (Å²) in [5.74, 6) is -0.776. The Morgan fingerprint density at radius 3 is 2.79 bits per heavy atom. The van der Waals surface area contributed by atoms with Gasteiger partial charge in [0.2, 0.25) is 0 Å². The molecule has 0 radical (unpaired) electrons. The fraction of sp³-hybridized carbons (Fsp3) is 0.238. The van der Waals surface area contributed by atoms with Gasteiger partial charge >= 0.3 is 0 Å². The number of para-hydroxylation sites is 1. The molecule has 3 aromatic rings. The topological polar surface area (TPSA) is 54.5 Å². The van der Waals surface area contributed by atoms with Crippen LogP contribution in [0, 0.1) is 5.82 Å². The van der Waals surface area contributed by atoms with Crippen molar-refractivity contribution in [2.75, 3.05) is 18.5 Å². The van der Waals surface area contributed by atoms with Gasteiger partial charge in [0.05, 0.1) is 5.69 Å². The molecule has 7 heteroatoms. The van der Waals surface area contributed by atoms with Crippen molar-refractivity contribution < 1.29 is 13.9 Å². The Kier molecular flexibility index (Phi) is 5.64. The fourth-order valence-electron chi connectivity index (χ4n) is 3.14. The van der Waals surface area contributed by atoms with Crippen molar-refractivity contribution in [1.82, 2.24) is 9.88 Å². The van der Waals surface area contributed by atoms with E-state index in [1.165, 1.54) is 33.9 Å². The van der Waals surface area contributed by atoms with Crippen LogP contribution >= 0.6 is 11.3 Å². The van der Waals surface area contributed by atoms with Crippen molar-refractivity contribution in [3.8, 4) is 5.75 Å². The quantitative estimate of drug-likeness (QED) is 0.686. The number of carbonyl (C=O) groups excluding carboxylic acids is 1. The smallest absolute Gasteiger partial charge is 0.264 e. The number of carbonyl (C=O) groups is 1. The Balaban J connectivity index is 1.32. The third-order valence-electron chi connectivity index (χ3n) is 4.50. The molecule has 144 valence electrons. The summed E-state index contributed by atoms with van der Waals surface area (Å²) < 4.78 is 18.8. The second kappa shape index (κ2) is 8.50. The van der Waals surface area contributed by atoms with E-state index >= 15 is 0 Å². The predicted molar refractivity (Wildman–Crippen MR) is 107 cm³/mol. The fourth-order valence-corrected chi connectivity index (χ4v) is 4.21. The van der Waals surface area contributed by atoms with E-state index in [-0.39, 0.29) is 18.3 Å². The zero-order valence-corrected chi connectivity index (χ0v) is 16.0. The molecule has 2 heterocycles. The second-order valence-electron chi connectivity index (χ2n) is 6.60. The molecule has 28 heavy (non-hydrogen) atoms. The second-order valence-corrected chi connectivity index (χ2v) is 7.69. The number of benzene rings is 2. The monoisotopic (exact) mass is 397 g/mol. The number of hydrogen-bond acceptors (Lipinski definition) is 5. The summed E-state index contributed by atoms with van der Waals surface area (Å²) in [5, 5.41) is 3.32. The van der Waals surface area contributed by atoms with Crippen molar-refractivity contribution in [3.05, 3.63) is 76.5 Å². The summed E-state index contributed by atoms with van der Waals surface area (Å²) in [6, 6.07) is 16.4. The van der Waals surface area contributed by atoms with Crippen LogP contribution in [0.1, 0.15) is 16.1 Å². The van der Waals surface area contributed by atoms with Gasteiger partial charge in [-0.25, -0.2) is 9.37 Å². The van der Waals surface area contributed by atoms with E-state index < -0.39 is 5.82 Å². The van der Waals surface area contributed by atoms with Gasteiger partial charge in [-0.15, -0.1) is 11.3 Å². The summed E-state index contributed by atoms with van der Waals surface area (Å²) in [6.07, 6.45) is 0.861. The molecule has 1 amide bonds. The number of thiazole rings is 1. The van der Waals surface area contributed by atoms with Crippen LogP contribution in [0.2, 0.25) is 0 Å². The number of aromatic nitrogens is 1. The Hall–Kier alpha value is -2.77. The molecule has 1 aromatic heterocycles. The van der Waals surface area contributed by atoms with Crippen molar-refractivity contribution in [2.45, 2.75) is 19.5 Å². The third-order valence-corrected chi connectivity index (χ3v) is 5.50. The number of anilines is 1. The van der Waals surface area contributed by atoms with Crippen LogP contribution in [0.25, 0.3) is 0 Å². The van der Waals surface area contributed by atoms with E-state index in [0.29, 0.717) is 5.13 Å². The SMILES string of the molecule is O=C(COc1ccccc1F)Nc1nc2c(s1)CN(Cc1ccccc1)CC2. The van der Waals surface area contributed by atoms with Crippen LogP contribution in [-0.2, 0) is 24.3 Å². The van der Waals surface area contributed by atoms with Gasteiger partial charge in [-0.2, -0.15) is 0 Å². The molecular formula is C21H20FN3O2S. The lowest BCUT2D eigenvalue weighted by Gasteiger charge is -2.25. The number of nitrogens with zero attached hydrogens (tertiary/aromatic N) is 2. The van der Waals surface area contributed by atoms with Gasteiger partial charge < -0.3 is 4.74 Å². The summed E-state index contributed by atoms with van der Waals surface area (Å²) in [4.78, 5) is 20.2. The Morgan fingerprint density at radius 1 is 1.18 bits per heavy atom. The van der Waals surface area contributed by atoms with Crippen molar-refractivity contribution in [2.24, 2.45) is 0 Å². The van der Waals surface area contributed by atoms with Gasteiger partial charge in [-0.3, -0.25) is 15.0 Å². The van der Waals surface area contributed by atoms with Gasteiger partial charge in [0, 0.05) is 30.9 Å². The number of nitrogens with one attached hydrogen (secondary N) is 1. The number of ether oxygens (including phenoxy) is 1. The average Bonchev–Trinajstić information content (AvgIpc) is 3.09. The highest BCUT2D eigenvalue weighted by atomic mass is 32.1. The Labute approximate surface area is 166 Å². The lowest BCUT2D eigenvalue weighted by molar-refractivity contribution is -0.118. The van der Waals surface area contributed by atoms with Crippen LogP contribution in [-0.4, -0.2) is 28.9 Å². The molecule has 0 spiro atoms. The lowest BCUT2D eigenvalue weighted by Crippen LogP contribution is -2.29. The van der Waals surface area contributed by atoms with Crippen LogP contribution in [0.3, 0.4) is 0 Å². The zero-order chi connectivity index (χ0) is 19.3. The summed E-state index contributed by atoms with van der Waals surface area (Å²) in [6.45, 7) is 2.40. The van der Waals surface area contributed by atoms with E-state index in [1.54, 1.807) is 12.1 Å². The Morgan fingerprint density at radius 2 is 1.96 bits per heavy atom. The zero-order valence-electron chi connectivity index (χ0n) is 15.2. The van der Waals surface area contributed by atoms with Gasteiger partial charge in [0.25, 0.3) is 5.91 Å². The van der Waals surface area contributed by atoms with Crippen LogP contribution in [0.15, 0.2) is 54.6 Å². The van der Waals surface area contributed by atoms with Crippen LogP contribution in [0.5, 0.6) is 5.75 Å². The molecule has 0 bridgehead atoms. The molecule has 0 atom stereocenters. The van der Waals surface area contributed by atoms with E-state index in [2.05, 4.69) is 39.5 Å². The molecule has 4 rings (SSSR count). The number of hydrogen-bond donors (Lipinski definition) is 1. The maximum atomic E-state index is 13.5. The molecule has 0 aliphatic carbocycles. The first-order valence-corrected chi connectivity index (χ1v) is 9.91. The van der Waals surface area contributed by atoms with Crippen molar-refractivity contribution >= 4 is 22.4 Å². The van der Waals surface area contributed by atoms with E-state index in [1.807, 2.05) is 6.07 Å². The largest absolute Gasteiger partial charge is 0.481 e. The minimum absolute atomic E-state index is 0.0626.